The van der Waals surface area contributed by atoms with Crippen molar-refractivity contribution in [3.05, 3.63) is 63.5 Å². The molecule has 2 unspecified atom stereocenters. The van der Waals surface area contributed by atoms with Gasteiger partial charge in [-0.05, 0) is 30.7 Å². The Balaban J connectivity index is 1.62. The lowest BCUT2D eigenvalue weighted by Crippen LogP contribution is -2.23. The Kier molecular flexibility index (Phi) is 4.60. The van der Waals surface area contributed by atoms with Gasteiger partial charge in [0.15, 0.2) is 0 Å². The number of fused-ring (bicyclic) bond motifs is 1. The summed E-state index contributed by atoms with van der Waals surface area (Å²) >= 11 is 6.15. The molecule has 2 heterocycles. The summed E-state index contributed by atoms with van der Waals surface area (Å²) < 4.78 is 25.5. The number of hydrogen-bond acceptors (Lipinski definition) is 5. The number of ether oxygens (including phenoxy) is 2. The third-order valence-electron chi connectivity index (χ3n) is 4.38. The monoisotopic (exact) mass is 400 g/mol. The number of halogens is 1. The van der Waals surface area contributed by atoms with Crippen molar-refractivity contribution in [3.8, 4) is 23.3 Å². The SMILES string of the molecule is N#Cc1ccc(Oc2ccc3c(c2)OCCC3C2=CS(=O)NC2=O)c(Cl)c1. The van der Waals surface area contributed by atoms with E-state index in [1.54, 1.807) is 24.3 Å². The minimum Gasteiger partial charge on any atom is -0.493 e. The molecule has 2 aromatic rings. The van der Waals surface area contributed by atoms with Crippen LogP contribution in [0.15, 0.2) is 47.4 Å². The highest BCUT2D eigenvalue weighted by Gasteiger charge is 2.32. The van der Waals surface area contributed by atoms with Crippen molar-refractivity contribution in [3.63, 3.8) is 0 Å². The summed E-state index contributed by atoms with van der Waals surface area (Å²) in [6.07, 6.45) is 0.630. The van der Waals surface area contributed by atoms with Crippen LogP contribution < -0.4 is 14.2 Å². The number of amides is 1. The molecule has 136 valence electrons. The number of carbonyl (C=O) groups excluding carboxylic acids is 1. The summed E-state index contributed by atoms with van der Waals surface area (Å²) in [5, 5.41) is 10.7. The Morgan fingerprint density at radius 1 is 1.30 bits per heavy atom. The minimum atomic E-state index is -1.46. The van der Waals surface area contributed by atoms with Gasteiger partial charge in [0.05, 0.1) is 23.3 Å². The normalized spacial score (nSPS) is 20.7. The van der Waals surface area contributed by atoms with Gasteiger partial charge in [0, 0.05) is 28.5 Å². The van der Waals surface area contributed by atoms with Crippen molar-refractivity contribution in [1.82, 2.24) is 4.72 Å². The maximum Gasteiger partial charge on any atom is 0.260 e. The number of rotatable bonds is 3. The maximum absolute atomic E-state index is 12.0. The van der Waals surface area contributed by atoms with E-state index >= 15 is 0 Å². The van der Waals surface area contributed by atoms with Gasteiger partial charge in [-0.1, -0.05) is 17.7 Å². The summed E-state index contributed by atoms with van der Waals surface area (Å²) in [7, 11) is -1.46. The summed E-state index contributed by atoms with van der Waals surface area (Å²) in [6, 6.07) is 12.1. The van der Waals surface area contributed by atoms with Gasteiger partial charge in [0.1, 0.15) is 28.2 Å². The van der Waals surface area contributed by atoms with E-state index in [9.17, 15) is 9.00 Å². The lowest BCUT2D eigenvalue weighted by atomic mass is 9.87. The molecule has 8 heteroatoms. The maximum atomic E-state index is 12.0. The average Bonchev–Trinajstić information content (AvgIpc) is 3.00. The Morgan fingerprint density at radius 2 is 2.15 bits per heavy atom. The smallest absolute Gasteiger partial charge is 0.260 e. The molecule has 6 nitrogen and oxygen atoms in total. The molecular formula is C19H13ClN2O4S. The molecule has 0 saturated heterocycles. The van der Waals surface area contributed by atoms with Gasteiger partial charge in [-0.25, -0.2) is 4.21 Å². The second-order valence-corrected chi connectivity index (χ2v) is 7.49. The fourth-order valence-electron chi connectivity index (χ4n) is 3.13. The van der Waals surface area contributed by atoms with E-state index < -0.39 is 11.0 Å². The molecular weight excluding hydrogens is 388 g/mol. The number of nitrogens with one attached hydrogen (secondary N) is 1. The molecule has 4 rings (SSSR count). The van der Waals surface area contributed by atoms with E-state index in [1.807, 2.05) is 12.1 Å². The second-order valence-electron chi connectivity index (χ2n) is 6.05. The van der Waals surface area contributed by atoms with Crippen LogP contribution in [0.5, 0.6) is 17.2 Å². The van der Waals surface area contributed by atoms with E-state index in [4.69, 9.17) is 26.3 Å². The third kappa shape index (κ3) is 3.42. The first-order valence-corrected chi connectivity index (χ1v) is 9.72. The molecule has 2 atom stereocenters. The summed E-state index contributed by atoms with van der Waals surface area (Å²) in [5.74, 6) is 1.08. The van der Waals surface area contributed by atoms with Gasteiger partial charge in [-0.3, -0.25) is 9.52 Å². The van der Waals surface area contributed by atoms with E-state index in [1.165, 1.54) is 11.5 Å². The predicted molar refractivity (Wildman–Crippen MR) is 99.9 cm³/mol. The summed E-state index contributed by atoms with van der Waals surface area (Å²) in [5.41, 5.74) is 1.80. The van der Waals surface area contributed by atoms with Crippen LogP contribution >= 0.6 is 11.6 Å². The van der Waals surface area contributed by atoms with Gasteiger partial charge in [-0.15, -0.1) is 0 Å². The molecule has 0 saturated carbocycles. The predicted octanol–water partition coefficient (Wildman–Crippen LogP) is 3.55. The van der Waals surface area contributed by atoms with Crippen LogP contribution in [0.2, 0.25) is 5.02 Å². The van der Waals surface area contributed by atoms with Gasteiger partial charge < -0.3 is 9.47 Å². The van der Waals surface area contributed by atoms with Gasteiger partial charge >= 0.3 is 0 Å². The van der Waals surface area contributed by atoms with Crippen molar-refractivity contribution in [2.75, 3.05) is 6.61 Å². The van der Waals surface area contributed by atoms with Crippen LogP contribution in [0, 0.1) is 11.3 Å². The zero-order valence-corrected chi connectivity index (χ0v) is 15.5. The number of benzene rings is 2. The highest BCUT2D eigenvalue weighted by Crippen LogP contribution is 2.42. The minimum absolute atomic E-state index is 0.173. The van der Waals surface area contributed by atoms with E-state index in [2.05, 4.69) is 4.72 Å². The zero-order valence-electron chi connectivity index (χ0n) is 13.9. The topological polar surface area (TPSA) is 88.4 Å². The molecule has 1 amide bonds. The molecule has 0 fully saturated rings. The lowest BCUT2D eigenvalue weighted by molar-refractivity contribution is -0.115. The van der Waals surface area contributed by atoms with Gasteiger partial charge in [-0.2, -0.15) is 5.26 Å². The summed E-state index contributed by atoms with van der Waals surface area (Å²) in [4.78, 5) is 12.0. The number of nitriles is 1. The van der Waals surface area contributed by atoms with Crippen molar-refractivity contribution in [2.45, 2.75) is 12.3 Å². The highest BCUT2D eigenvalue weighted by atomic mass is 35.5. The largest absolute Gasteiger partial charge is 0.493 e. The summed E-state index contributed by atoms with van der Waals surface area (Å²) in [6.45, 7) is 0.440. The van der Waals surface area contributed by atoms with E-state index in [0.717, 1.165) is 5.56 Å². The Morgan fingerprint density at radius 3 is 2.85 bits per heavy atom. The van der Waals surface area contributed by atoms with E-state index in [-0.39, 0.29) is 11.8 Å². The van der Waals surface area contributed by atoms with Crippen molar-refractivity contribution in [1.29, 1.82) is 5.26 Å². The Hall–Kier alpha value is -2.82. The standard InChI is InChI=1S/C19H13ClN2O4S/c20-16-7-11(9-21)1-4-17(16)26-12-2-3-14-13(5-6-25-18(14)8-12)15-10-27(24)22-19(15)23/h1-4,7-8,10,13H,5-6H2,(H,22,23). The Bertz CT molecular complexity index is 1040. The van der Waals surface area contributed by atoms with Crippen LogP contribution in [0.1, 0.15) is 23.5 Å². The van der Waals surface area contributed by atoms with Crippen LogP contribution in [0.4, 0.5) is 0 Å². The third-order valence-corrected chi connectivity index (χ3v) is 5.53. The highest BCUT2D eigenvalue weighted by molar-refractivity contribution is 7.87. The number of carbonyl (C=O) groups is 1. The van der Waals surface area contributed by atoms with Gasteiger partial charge in [0.25, 0.3) is 5.91 Å². The molecule has 1 N–H and O–H groups in total. The van der Waals surface area contributed by atoms with Crippen LogP contribution in [-0.2, 0) is 15.8 Å². The Labute approximate surface area is 162 Å². The van der Waals surface area contributed by atoms with Crippen molar-refractivity contribution < 1.29 is 18.5 Å². The average molecular weight is 401 g/mol. The first-order valence-electron chi connectivity index (χ1n) is 8.12. The fraction of sp³-hybridized carbons (Fsp3) is 0.158. The molecule has 2 aliphatic heterocycles. The molecule has 2 aromatic carbocycles. The molecule has 0 bridgehead atoms. The van der Waals surface area contributed by atoms with Crippen molar-refractivity contribution in [2.24, 2.45) is 0 Å². The first kappa shape index (κ1) is 17.6. The molecule has 2 aliphatic rings. The van der Waals surface area contributed by atoms with Crippen LogP contribution in [0.3, 0.4) is 0 Å². The number of hydrogen-bond donors (Lipinski definition) is 1. The zero-order chi connectivity index (χ0) is 19.0. The first-order chi connectivity index (χ1) is 13.0. The molecule has 0 aliphatic carbocycles. The number of nitrogens with zero attached hydrogens (tertiary/aromatic N) is 1. The van der Waals surface area contributed by atoms with E-state index in [0.29, 0.717) is 46.4 Å². The molecule has 0 radical (unpaired) electrons. The quantitative estimate of drug-likeness (QED) is 0.851. The molecule has 27 heavy (non-hydrogen) atoms. The fourth-order valence-corrected chi connectivity index (χ4v) is 4.21. The molecule has 0 aromatic heterocycles. The lowest BCUT2D eigenvalue weighted by Gasteiger charge is -2.26. The van der Waals surface area contributed by atoms with Crippen LogP contribution in [0.25, 0.3) is 0 Å². The second kappa shape index (κ2) is 7.06. The van der Waals surface area contributed by atoms with Crippen LogP contribution in [-0.4, -0.2) is 16.7 Å². The van der Waals surface area contributed by atoms with Crippen molar-refractivity contribution >= 4 is 28.5 Å². The van der Waals surface area contributed by atoms with Gasteiger partial charge in [0.2, 0.25) is 0 Å². The molecule has 0 spiro atoms.